The molecule has 0 atom stereocenters. The second-order valence-corrected chi connectivity index (χ2v) is 8.26. The summed E-state index contributed by atoms with van der Waals surface area (Å²) in [5.41, 5.74) is 5.62. The fraction of sp³-hybridized carbons (Fsp3) is 0.391. The lowest BCUT2D eigenvalue weighted by molar-refractivity contribution is 0.102. The van der Waals surface area contributed by atoms with Gasteiger partial charge in [0.15, 0.2) is 11.5 Å². The number of morpholine rings is 1. The molecule has 0 unspecified atom stereocenters. The van der Waals surface area contributed by atoms with Gasteiger partial charge < -0.3 is 19.3 Å². The monoisotopic (exact) mass is 447 g/mol. The van der Waals surface area contributed by atoms with E-state index in [0.717, 1.165) is 58.1 Å². The number of imidazole rings is 1. The maximum absolute atomic E-state index is 12.4. The number of rotatable bonds is 3. The second-order valence-electron chi connectivity index (χ2n) is 8.26. The lowest BCUT2D eigenvalue weighted by Crippen LogP contribution is -2.37. The van der Waals surface area contributed by atoms with Crippen molar-refractivity contribution < 1.29 is 14.3 Å². The minimum Gasteiger partial charge on any atom is -0.450 e. The van der Waals surface area contributed by atoms with Crippen molar-refractivity contribution in [3.8, 4) is 11.3 Å². The number of carbonyl (C=O) groups excluding carboxylic acids is 1. The number of H-pyrrole nitrogens is 1. The summed E-state index contributed by atoms with van der Waals surface area (Å²) < 4.78 is 12.9. The number of anilines is 1. The molecule has 0 radical (unpaired) electrons. The zero-order valence-electron chi connectivity index (χ0n) is 18.5. The zero-order valence-corrected chi connectivity index (χ0v) is 18.5. The van der Waals surface area contributed by atoms with E-state index >= 15 is 0 Å². The van der Waals surface area contributed by atoms with E-state index in [4.69, 9.17) is 19.4 Å². The number of carbonyl (C=O) groups is 1. The van der Waals surface area contributed by atoms with Crippen LogP contribution < -0.4 is 4.90 Å². The lowest BCUT2D eigenvalue weighted by Gasteiger charge is -2.28. The van der Waals surface area contributed by atoms with Crippen molar-refractivity contribution in [2.45, 2.75) is 19.9 Å². The van der Waals surface area contributed by atoms with Gasteiger partial charge in [-0.3, -0.25) is 9.50 Å². The molecule has 1 fully saturated rings. The van der Waals surface area contributed by atoms with E-state index in [0.29, 0.717) is 39.3 Å². The van der Waals surface area contributed by atoms with E-state index < -0.39 is 0 Å². The van der Waals surface area contributed by atoms with Crippen LogP contribution in [0.25, 0.3) is 27.8 Å². The van der Waals surface area contributed by atoms with Gasteiger partial charge in [-0.25, -0.2) is 14.8 Å². The van der Waals surface area contributed by atoms with Gasteiger partial charge in [0.25, 0.3) is 0 Å². The molecule has 0 spiro atoms. The number of benzene rings is 1. The SMILES string of the molecule is CCOC(=O)N1CCc2nc3c(N4CCOCC4)nc(-c4cccc5[nH]ncc45)cn3c2C1. The summed E-state index contributed by atoms with van der Waals surface area (Å²) in [4.78, 5) is 26.5. The molecule has 170 valence electrons. The molecule has 5 heterocycles. The number of nitrogens with zero attached hydrogens (tertiary/aromatic N) is 6. The Morgan fingerprint density at radius 1 is 1.21 bits per heavy atom. The number of aromatic amines is 1. The van der Waals surface area contributed by atoms with E-state index in [1.54, 1.807) is 4.90 Å². The third-order valence-electron chi connectivity index (χ3n) is 6.33. The van der Waals surface area contributed by atoms with Crippen LogP contribution >= 0.6 is 0 Å². The Labute approximate surface area is 190 Å². The van der Waals surface area contributed by atoms with Crippen LogP contribution in [0.3, 0.4) is 0 Å². The number of amides is 1. The molecule has 1 aromatic carbocycles. The maximum atomic E-state index is 12.4. The largest absolute Gasteiger partial charge is 0.450 e. The topological polar surface area (TPSA) is 101 Å². The Morgan fingerprint density at radius 3 is 2.94 bits per heavy atom. The van der Waals surface area contributed by atoms with Gasteiger partial charge in [-0.05, 0) is 13.0 Å². The molecule has 10 heteroatoms. The summed E-state index contributed by atoms with van der Waals surface area (Å²) in [6, 6.07) is 6.06. The summed E-state index contributed by atoms with van der Waals surface area (Å²) in [5.74, 6) is 0.841. The van der Waals surface area contributed by atoms with E-state index in [1.165, 1.54) is 0 Å². The Kier molecular flexibility index (Phi) is 4.87. The third kappa shape index (κ3) is 3.37. The van der Waals surface area contributed by atoms with Gasteiger partial charge >= 0.3 is 6.09 Å². The van der Waals surface area contributed by atoms with Crippen molar-refractivity contribution in [3.05, 3.63) is 42.0 Å². The molecule has 1 amide bonds. The van der Waals surface area contributed by atoms with Crippen LogP contribution in [0, 0.1) is 0 Å². The molecular formula is C23H25N7O3. The first-order valence-electron chi connectivity index (χ1n) is 11.3. The van der Waals surface area contributed by atoms with Crippen molar-refractivity contribution in [1.29, 1.82) is 0 Å². The van der Waals surface area contributed by atoms with Gasteiger partial charge in [0, 0.05) is 43.2 Å². The molecule has 1 N–H and O–H groups in total. The Morgan fingerprint density at radius 2 is 2.09 bits per heavy atom. The highest BCUT2D eigenvalue weighted by Crippen LogP contribution is 2.32. The average Bonchev–Trinajstić information content (AvgIpc) is 3.48. The molecule has 0 bridgehead atoms. The van der Waals surface area contributed by atoms with E-state index in [-0.39, 0.29) is 6.09 Å². The van der Waals surface area contributed by atoms with Crippen molar-refractivity contribution in [3.63, 3.8) is 0 Å². The normalized spacial score (nSPS) is 16.4. The van der Waals surface area contributed by atoms with Crippen molar-refractivity contribution in [1.82, 2.24) is 29.5 Å². The Hall–Kier alpha value is -3.66. The molecule has 2 aliphatic heterocycles. The fourth-order valence-corrected chi connectivity index (χ4v) is 4.67. The number of hydrogen-bond acceptors (Lipinski definition) is 7. The molecule has 33 heavy (non-hydrogen) atoms. The Balaban J connectivity index is 1.53. The van der Waals surface area contributed by atoms with Crippen molar-refractivity contribution in [2.24, 2.45) is 0 Å². The van der Waals surface area contributed by atoms with Crippen molar-refractivity contribution in [2.75, 3.05) is 44.4 Å². The van der Waals surface area contributed by atoms with Crippen LogP contribution in [0.15, 0.2) is 30.6 Å². The molecule has 0 saturated carbocycles. The van der Waals surface area contributed by atoms with Crippen molar-refractivity contribution >= 4 is 28.5 Å². The molecule has 0 aliphatic carbocycles. The van der Waals surface area contributed by atoms with Gasteiger partial charge in [0.05, 0.1) is 55.2 Å². The molecule has 4 aromatic rings. The quantitative estimate of drug-likeness (QED) is 0.515. The molecule has 1 saturated heterocycles. The maximum Gasteiger partial charge on any atom is 0.410 e. The smallest absolute Gasteiger partial charge is 0.410 e. The standard InChI is InChI=1S/C23H25N7O3/c1-2-33-23(31)29-7-6-18-20(14-29)30-13-19(15-4-3-5-17-16(15)12-24-27-17)26-21(22(30)25-18)28-8-10-32-11-9-28/h3-5,12-13H,2,6-11,14H2,1H3,(H,24,27). The zero-order chi connectivity index (χ0) is 22.4. The molecule has 6 rings (SSSR count). The van der Waals surface area contributed by atoms with E-state index in [1.807, 2.05) is 31.5 Å². The van der Waals surface area contributed by atoms with Crippen LogP contribution in [-0.2, 0) is 22.4 Å². The minimum absolute atomic E-state index is 0.288. The van der Waals surface area contributed by atoms with Crippen LogP contribution in [-0.4, -0.2) is 75.0 Å². The number of fused-ring (bicyclic) bond motifs is 4. The predicted octanol–water partition coefficient (Wildman–Crippen LogP) is 2.62. The third-order valence-corrected chi connectivity index (χ3v) is 6.33. The van der Waals surface area contributed by atoms with Gasteiger partial charge in [0.1, 0.15) is 0 Å². The number of ether oxygens (including phenoxy) is 2. The molecule has 2 aliphatic rings. The lowest BCUT2D eigenvalue weighted by atomic mass is 10.1. The van der Waals surface area contributed by atoms with Gasteiger partial charge in [-0.1, -0.05) is 12.1 Å². The van der Waals surface area contributed by atoms with Crippen LogP contribution in [0.1, 0.15) is 18.3 Å². The first-order chi connectivity index (χ1) is 16.2. The summed E-state index contributed by atoms with van der Waals surface area (Å²) in [5, 5.41) is 8.26. The molecular weight excluding hydrogens is 422 g/mol. The second kappa shape index (κ2) is 8.04. The minimum atomic E-state index is -0.288. The van der Waals surface area contributed by atoms with E-state index in [2.05, 4.69) is 25.6 Å². The van der Waals surface area contributed by atoms with Crippen LogP contribution in [0.5, 0.6) is 0 Å². The highest BCUT2D eigenvalue weighted by molar-refractivity contribution is 5.93. The first-order valence-corrected chi connectivity index (χ1v) is 11.3. The summed E-state index contributed by atoms with van der Waals surface area (Å²) in [7, 11) is 0. The van der Waals surface area contributed by atoms with Gasteiger partial charge in [-0.15, -0.1) is 0 Å². The number of aromatic nitrogens is 5. The van der Waals surface area contributed by atoms with Gasteiger partial charge in [0.2, 0.25) is 0 Å². The molecule has 10 nitrogen and oxygen atoms in total. The number of nitrogens with one attached hydrogen (secondary N) is 1. The summed E-state index contributed by atoms with van der Waals surface area (Å²) in [6.07, 6.45) is 4.26. The highest BCUT2D eigenvalue weighted by atomic mass is 16.6. The number of hydrogen-bond donors (Lipinski definition) is 1. The van der Waals surface area contributed by atoms with Gasteiger partial charge in [-0.2, -0.15) is 5.10 Å². The van der Waals surface area contributed by atoms with Crippen LogP contribution in [0.4, 0.5) is 10.6 Å². The predicted molar refractivity (Wildman–Crippen MR) is 122 cm³/mol. The average molecular weight is 447 g/mol. The highest BCUT2D eigenvalue weighted by Gasteiger charge is 2.28. The van der Waals surface area contributed by atoms with Crippen LogP contribution in [0.2, 0.25) is 0 Å². The Bertz CT molecular complexity index is 1340. The van der Waals surface area contributed by atoms with E-state index in [9.17, 15) is 4.79 Å². The summed E-state index contributed by atoms with van der Waals surface area (Å²) >= 11 is 0. The fourth-order valence-electron chi connectivity index (χ4n) is 4.67. The summed E-state index contributed by atoms with van der Waals surface area (Å²) in [6.45, 7) is 6.07. The molecule has 3 aromatic heterocycles. The first kappa shape index (κ1) is 20.0.